The molecule has 0 atom stereocenters. The molecule has 4 aromatic rings. The summed E-state index contributed by atoms with van der Waals surface area (Å²) >= 11 is 9.95. The molecule has 0 bridgehead atoms. The minimum Gasteiger partial charge on any atom is -0.366 e. The van der Waals surface area contributed by atoms with Gasteiger partial charge in [-0.1, -0.05) is 54.1 Å². The molecule has 2 amide bonds. The van der Waals surface area contributed by atoms with Crippen LogP contribution in [0.15, 0.2) is 65.3 Å². The summed E-state index contributed by atoms with van der Waals surface area (Å²) in [6.45, 7) is 6.90. The molecular weight excluding hydrogens is 516 g/mol. The number of hydrogen-bond acceptors (Lipinski definition) is 4. The van der Waals surface area contributed by atoms with Crippen molar-refractivity contribution in [1.82, 2.24) is 25.2 Å². The van der Waals surface area contributed by atoms with Gasteiger partial charge in [-0.3, -0.25) is 0 Å². The van der Waals surface area contributed by atoms with Crippen molar-refractivity contribution >= 4 is 45.0 Å². The fraction of sp³-hybridized carbons (Fsp3) is 0.240. The van der Waals surface area contributed by atoms with Crippen LogP contribution < -0.4 is 16.0 Å². The number of amides is 2. The van der Waals surface area contributed by atoms with Crippen molar-refractivity contribution in [1.29, 1.82) is 0 Å². The number of urea groups is 1. The molecule has 176 valence electrons. The Hall–Kier alpha value is -3.10. The van der Waals surface area contributed by atoms with Crippen molar-refractivity contribution in [2.75, 3.05) is 5.32 Å². The molecule has 0 saturated carbocycles. The van der Waals surface area contributed by atoms with Gasteiger partial charge in [-0.05, 0) is 53.9 Å². The zero-order chi connectivity index (χ0) is 24.3. The Labute approximate surface area is 212 Å². The van der Waals surface area contributed by atoms with Crippen LogP contribution in [0.25, 0.3) is 16.9 Å². The molecule has 0 aliphatic rings. The third kappa shape index (κ3) is 5.87. The van der Waals surface area contributed by atoms with Gasteiger partial charge in [-0.15, -0.1) is 0 Å². The summed E-state index contributed by atoms with van der Waals surface area (Å²) in [5, 5.41) is 14.3. The summed E-state index contributed by atoms with van der Waals surface area (Å²) in [4.78, 5) is 16.7. The normalized spacial score (nSPS) is 11.4. The SMILES string of the molecule is CC(C)(C)NC(=O)NCc1ccc(CNc2cc(-c3ccccc3Cl)nc3c(Br)cnn23)cc1. The lowest BCUT2D eigenvalue weighted by Crippen LogP contribution is -2.46. The molecule has 2 heterocycles. The zero-order valence-corrected chi connectivity index (χ0v) is 21.5. The van der Waals surface area contributed by atoms with Crippen LogP contribution in [0.2, 0.25) is 5.02 Å². The maximum atomic E-state index is 12.0. The lowest BCUT2D eigenvalue weighted by molar-refractivity contribution is 0.231. The Morgan fingerprint density at radius 2 is 1.74 bits per heavy atom. The molecule has 7 nitrogen and oxygen atoms in total. The fourth-order valence-corrected chi connectivity index (χ4v) is 3.98. The van der Waals surface area contributed by atoms with Crippen molar-refractivity contribution in [3.8, 4) is 11.3 Å². The number of nitrogens with one attached hydrogen (secondary N) is 3. The van der Waals surface area contributed by atoms with E-state index >= 15 is 0 Å². The van der Waals surface area contributed by atoms with Gasteiger partial charge in [0.1, 0.15) is 5.82 Å². The van der Waals surface area contributed by atoms with E-state index in [-0.39, 0.29) is 11.6 Å². The van der Waals surface area contributed by atoms with E-state index in [1.807, 2.05) is 75.4 Å². The van der Waals surface area contributed by atoms with Crippen LogP contribution in [-0.4, -0.2) is 26.2 Å². The first-order chi connectivity index (χ1) is 16.2. The van der Waals surface area contributed by atoms with Crippen molar-refractivity contribution in [3.63, 3.8) is 0 Å². The van der Waals surface area contributed by atoms with Crippen LogP contribution in [0.5, 0.6) is 0 Å². The number of fused-ring (bicyclic) bond motifs is 1. The summed E-state index contributed by atoms with van der Waals surface area (Å²) in [6, 6.07) is 17.5. The minimum absolute atomic E-state index is 0.181. The lowest BCUT2D eigenvalue weighted by Gasteiger charge is -2.20. The van der Waals surface area contributed by atoms with Gasteiger partial charge in [0.15, 0.2) is 5.65 Å². The first-order valence-corrected chi connectivity index (χ1v) is 12.0. The van der Waals surface area contributed by atoms with Crippen LogP contribution in [0.4, 0.5) is 10.6 Å². The maximum Gasteiger partial charge on any atom is 0.315 e. The predicted octanol–water partition coefficient (Wildman–Crippen LogP) is 6.02. The average Bonchev–Trinajstić information content (AvgIpc) is 3.17. The summed E-state index contributed by atoms with van der Waals surface area (Å²) in [6.07, 6.45) is 1.72. The molecule has 2 aromatic carbocycles. The summed E-state index contributed by atoms with van der Waals surface area (Å²) in [5.41, 5.74) is 4.17. The highest BCUT2D eigenvalue weighted by Crippen LogP contribution is 2.30. The molecule has 34 heavy (non-hydrogen) atoms. The summed E-state index contributed by atoms with van der Waals surface area (Å²) < 4.78 is 2.56. The number of aromatic nitrogens is 3. The standard InChI is InChI=1S/C25H26BrClN6O/c1-25(2,3)32-24(34)29-14-17-10-8-16(9-11-17)13-28-22-12-21(18-6-4-5-7-20(18)27)31-23-19(26)15-30-33(22)23/h4-12,15,28H,13-14H2,1-3H3,(H2,29,32,34). The van der Waals surface area contributed by atoms with Crippen molar-refractivity contribution in [3.05, 3.63) is 81.4 Å². The molecule has 0 radical (unpaired) electrons. The quantitative estimate of drug-likeness (QED) is 0.279. The van der Waals surface area contributed by atoms with E-state index in [9.17, 15) is 4.79 Å². The molecule has 0 aliphatic carbocycles. The van der Waals surface area contributed by atoms with Crippen LogP contribution >= 0.6 is 27.5 Å². The topological polar surface area (TPSA) is 83.4 Å². The highest BCUT2D eigenvalue weighted by atomic mass is 79.9. The number of anilines is 1. The van der Waals surface area contributed by atoms with E-state index in [1.54, 1.807) is 10.7 Å². The Morgan fingerprint density at radius 3 is 2.41 bits per heavy atom. The Kier molecular flexibility index (Phi) is 7.09. The third-order valence-electron chi connectivity index (χ3n) is 5.02. The number of rotatable bonds is 6. The van der Waals surface area contributed by atoms with Gasteiger partial charge in [0.2, 0.25) is 0 Å². The van der Waals surface area contributed by atoms with Crippen LogP contribution in [-0.2, 0) is 13.1 Å². The van der Waals surface area contributed by atoms with Gasteiger partial charge >= 0.3 is 6.03 Å². The second-order valence-corrected chi connectivity index (χ2v) is 10.2. The van der Waals surface area contributed by atoms with Crippen molar-refractivity contribution in [2.45, 2.75) is 39.4 Å². The van der Waals surface area contributed by atoms with Crippen LogP contribution in [0.1, 0.15) is 31.9 Å². The van der Waals surface area contributed by atoms with Crippen LogP contribution in [0.3, 0.4) is 0 Å². The van der Waals surface area contributed by atoms with E-state index < -0.39 is 0 Å². The van der Waals surface area contributed by atoms with Gasteiger partial charge in [0.25, 0.3) is 0 Å². The molecule has 0 aliphatic heterocycles. The first kappa shape index (κ1) is 24.0. The smallest absolute Gasteiger partial charge is 0.315 e. The monoisotopic (exact) mass is 540 g/mol. The van der Waals surface area contributed by atoms with Crippen molar-refractivity contribution in [2.24, 2.45) is 0 Å². The van der Waals surface area contributed by atoms with E-state index in [2.05, 4.69) is 37.0 Å². The third-order valence-corrected chi connectivity index (χ3v) is 5.91. The molecule has 9 heteroatoms. The van der Waals surface area contributed by atoms with Gasteiger partial charge in [0.05, 0.1) is 16.4 Å². The molecule has 3 N–H and O–H groups in total. The van der Waals surface area contributed by atoms with E-state index in [1.165, 1.54) is 0 Å². The van der Waals surface area contributed by atoms with Gasteiger partial charge in [-0.2, -0.15) is 9.61 Å². The zero-order valence-electron chi connectivity index (χ0n) is 19.2. The van der Waals surface area contributed by atoms with Crippen molar-refractivity contribution < 1.29 is 4.79 Å². The Bertz CT molecular complexity index is 1310. The minimum atomic E-state index is -0.270. The molecule has 4 rings (SSSR count). The van der Waals surface area contributed by atoms with Gasteiger partial charge in [0, 0.05) is 35.3 Å². The lowest BCUT2D eigenvalue weighted by atomic mass is 10.1. The number of halogens is 2. The predicted molar refractivity (Wildman–Crippen MR) is 140 cm³/mol. The Morgan fingerprint density at radius 1 is 1.06 bits per heavy atom. The van der Waals surface area contributed by atoms with E-state index in [0.717, 1.165) is 32.7 Å². The van der Waals surface area contributed by atoms with Gasteiger partial charge in [-0.25, -0.2) is 9.78 Å². The molecule has 0 fully saturated rings. The first-order valence-electron chi connectivity index (χ1n) is 10.9. The van der Waals surface area contributed by atoms with Gasteiger partial charge < -0.3 is 16.0 Å². The number of benzene rings is 2. The molecule has 0 saturated heterocycles. The second kappa shape index (κ2) is 10.0. The molecule has 2 aromatic heterocycles. The average molecular weight is 542 g/mol. The fourth-order valence-electron chi connectivity index (χ4n) is 3.40. The van der Waals surface area contributed by atoms with Crippen LogP contribution in [0, 0.1) is 0 Å². The number of hydrogen-bond donors (Lipinski definition) is 3. The summed E-state index contributed by atoms with van der Waals surface area (Å²) in [7, 11) is 0. The highest BCUT2D eigenvalue weighted by Gasteiger charge is 2.14. The highest BCUT2D eigenvalue weighted by molar-refractivity contribution is 9.10. The van der Waals surface area contributed by atoms with E-state index in [4.69, 9.17) is 16.6 Å². The number of carbonyl (C=O) groups excluding carboxylic acids is 1. The molecular formula is C25H26BrClN6O. The Balaban J connectivity index is 1.47. The number of carbonyl (C=O) groups is 1. The van der Waals surface area contributed by atoms with E-state index in [0.29, 0.717) is 23.8 Å². The maximum absolute atomic E-state index is 12.0. The second-order valence-electron chi connectivity index (χ2n) is 8.96. The number of nitrogens with zero attached hydrogens (tertiary/aromatic N) is 3. The molecule has 0 unspecified atom stereocenters. The molecule has 0 spiro atoms. The largest absolute Gasteiger partial charge is 0.366 e. The summed E-state index contributed by atoms with van der Waals surface area (Å²) in [5.74, 6) is 0.801.